The lowest BCUT2D eigenvalue weighted by Crippen LogP contribution is -2.38. The maximum absolute atomic E-state index is 11.6. The fourth-order valence-electron chi connectivity index (χ4n) is 1.24. The van der Waals surface area contributed by atoms with Crippen molar-refractivity contribution in [1.82, 2.24) is 5.32 Å². The molecule has 1 rings (SSSR count). The predicted molar refractivity (Wildman–Crippen MR) is 76.1 cm³/mol. The minimum atomic E-state index is -0.160. The first kappa shape index (κ1) is 16.4. The standard InChI is InChI=1S/C12H17BrN2O.ClH/c1-8(9(2)14)12(16)15-7-10-4-3-5-11(13)6-10;/h3-6,8-9H,7,14H2,1-2H3,(H,15,16);1H. The quantitative estimate of drug-likeness (QED) is 0.895. The third kappa shape index (κ3) is 5.52. The summed E-state index contributed by atoms with van der Waals surface area (Å²) in [5.74, 6) is -0.165. The fourth-order valence-corrected chi connectivity index (χ4v) is 1.68. The molecule has 3 nitrogen and oxygen atoms in total. The van der Waals surface area contributed by atoms with Crippen molar-refractivity contribution < 1.29 is 4.79 Å². The molecule has 17 heavy (non-hydrogen) atoms. The Kier molecular flexibility index (Phi) is 7.43. The van der Waals surface area contributed by atoms with E-state index in [1.54, 1.807) is 0 Å². The van der Waals surface area contributed by atoms with E-state index in [9.17, 15) is 4.79 Å². The Labute approximate surface area is 117 Å². The summed E-state index contributed by atoms with van der Waals surface area (Å²) in [6.07, 6.45) is 0. The molecule has 2 atom stereocenters. The first-order valence-electron chi connectivity index (χ1n) is 5.28. The van der Waals surface area contributed by atoms with Gasteiger partial charge in [0.15, 0.2) is 0 Å². The van der Waals surface area contributed by atoms with E-state index >= 15 is 0 Å². The Morgan fingerprint density at radius 1 is 1.47 bits per heavy atom. The van der Waals surface area contributed by atoms with Crippen molar-refractivity contribution in [3.63, 3.8) is 0 Å². The lowest BCUT2D eigenvalue weighted by atomic mass is 10.0. The van der Waals surface area contributed by atoms with Crippen molar-refractivity contribution in [3.8, 4) is 0 Å². The molecule has 5 heteroatoms. The largest absolute Gasteiger partial charge is 0.352 e. The Morgan fingerprint density at radius 2 is 2.12 bits per heavy atom. The Hall–Kier alpha value is -0.580. The van der Waals surface area contributed by atoms with Crippen LogP contribution in [0.2, 0.25) is 0 Å². The van der Waals surface area contributed by atoms with Gasteiger partial charge in [-0.2, -0.15) is 0 Å². The van der Waals surface area contributed by atoms with Gasteiger partial charge in [-0.3, -0.25) is 4.79 Å². The van der Waals surface area contributed by atoms with Crippen molar-refractivity contribution >= 4 is 34.2 Å². The van der Waals surface area contributed by atoms with E-state index in [-0.39, 0.29) is 30.3 Å². The number of nitrogens with one attached hydrogen (secondary N) is 1. The highest BCUT2D eigenvalue weighted by atomic mass is 79.9. The van der Waals surface area contributed by atoms with Gasteiger partial charge >= 0.3 is 0 Å². The molecule has 0 saturated heterocycles. The lowest BCUT2D eigenvalue weighted by Gasteiger charge is -2.15. The number of hydrogen-bond donors (Lipinski definition) is 2. The van der Waals surface area contributed by atoms with E-state index < -0.39 is 0 Å². The Balaban J connectivity index is 0.00000256. The first-order chi connectivity index (χ1) is 7.50. The minimum Gasteiger partial charge on any atom is -0.352 e. The summed E-state index contributed by atoms with van der Waals surface area (Å²) in [6.45, 7) is 4.21. The van der Waals surface area contributed by atoms with Gasteiger partial charge in [-0.1, -0.05) is 35.0 Å². The molecule has 2 unspecified atom stereocenters. The molecule has 0 radical (unpaired) electrons. The normalized spacial score (nSPS) is 13.4. The number of halogens is 2. The molecule has 96 valence electrons. The van der Waals surface area contributed by atoms with E-state index in [0.717, 1.165) is 10.0 Å². The fraction of sp³-hybridized carbons (Fsp3) is 0.417. The minimum absolute atomic E-state index is 0. The van der Waals surface area contributed by atoms with Crippen molar-refractivity contribution in [2.45, 2.75) is 26.4 Å². The van der Waals surface area contributed by atoms with E-state index in [1.165, 1.54) is 0 Å². The van der Waals surface area contributed by atoms with Crippen LogP contribution in [-0.4, -0.2) is 11.9 Å². The van der Waals surface area contributed by atoms with Crippen LogP contribution in [-0.2, 0) is 11.3 Å². The topological polar surface area (TPSA) is 55.1 Å². The Morgan fingerprint density at radius 3 is 2.65 bits per heavy atom. The molecule has 0 aliphatic rings. The molecular weight excluding hydrogens is 304 g/mol. The monoisotopic (exact) mass is 320 g/mol. The van der Waals surface area contributed by atoms with Crippen LogP contribution in [0.25, 0.3) is 0 Å². The second-order valence-corrected chi connectivity index (χ2v) is 4.91. The summed E-state index contributed by atoms with van der Waals surface area (Å²) >= 11 is 3.39. The van der Waals surface area contributed by atoms with E-state index in [1.807, 2.05) is 38.1 Å². The smallest absolute Gasteiger partial charge is 0.224 e. The van der Waals surface area contributed by atoms with Crippen molar-refractivity contribution in [3.05, 3.63) is 34.3 Å². The zero-order chi connectivity index (χ0) is 12.1. The molecule has 1 aromatic carbocycles. The van der Waals surface area contributed by atoms with Crippen LogP contribution in [0.5, 0.6) is 0 Å². The zero-order valence-electron chi connectivity index (χ0n) is 9.94. The molecule has 0 aromatic heterocycles. The predicted octanol–water partition coefficient (Wildman–Crippen LogP) is 2.47. The summed E-state index contributed by atoms with van der Waals surface area (Å²) in [5.41, 5.74) is 6.73. The SMILES string of the molecule is CC(N)C(C)C(=O)NCc1cccc(Br)c1.Cl. The van der Waals surface area contributed by atoms with Crippen molar-refractivity contribution in [2.75, 3.05) is 0 Å². The van der Waals surface area contributed by atoms with Gasteiger partial charge in [0.25, 0.3) is 0 Å². The highest BCUT2D eigenvalue weighted by Gasteiger charge is 2.16. The van der Waals surface area contributed by atoms with Gasteiger partial charge in [0.2, 0.25) is 5.91 Å². The molecule has 0 aliphatic heterocycles. The van der Waals surface area contributed by atoms with E-state index in [2.05, 4.69) is 21.2 Å². The second kappa shape index (κ2) is 7.69. The van der Waals surface area contributed by atoms with Crippen molar-refractivity contribution in [2.24, 2.45) is 11.7 Å². The number of hydrogen-bond acceptors (Lipinski definition) is 2. The number of nitrogens with two attached hydrogens (primary N) is 1. The zero-order valence-corrected chi connectivity index (χ0v) is 12.3. The first-order valence-corrected chi connectivity index (χ1v) is 6.07. The molecule has 0 heterocycles. The third-order valence-corrected chi connectivity index (χ3v) is 3.05. The van der Waals surface area contributed by atoms with Gasteiger partial charge in [0, 0.05) is 23.0 Å². The van der Waals surface area contributed by atoms with Gasteiger partial charge in [-0.05, 0) is 24.6 Å². The van der Waals surface area contributed by atoms with Crippen LogP contribution in [0.15, 0.2) is 28.7 Å². The highest BCUT2D eigenvalue weighted by Crippen LogP contribution is 2.11. The van der Waals surface area contributed by atoms with E-state index in [0.29, 0.717) is 6.54 Å². The lowest BCUT2D eigenvalue weighted by molar-refractivity contribution is -0.125. The maximum atomic E-state index is 11.6. The molecule has 1 aromatic rings. The van der Waals surface area contributed by atoms with Crippen LogP contribution in [0, 0.1) is 5.92 Å². The molecular formula is C12H18BrClN2O. The third-order valence-electron chi connectivity index (χ3n) is 2.56. The van der Waals surface area contributed by atoms with Gasteiger partial charge in [0.1, 0.15) is 0 Å². The summed E-state index contributed by atoms with van der Waals surface area (Å²) in [7, 11) is 0. The average Bonchev–Trinajstić information content (AvgIpc) is 2.24. The summed E-state index contributed by atoms with van der Waals surface area (Å²) in [6, 6.07) is 7.73. The number of amides is 1. The van der Waals surface area contributed by atoms with Crippen LogP contribution < -0.4 is 11.1 Å². The molecule has 0 spiro atoms. The molecule has 1 amide bonds. The summed E-state index contributed by atoms with van der Waals surface area (Å²) in [5, 5.41) is 2.87. The number of rotatable bonds is 4. The highest BCUT2D eigenvalue weighted by molar-refractivity contribution is 9.10. The van der Waals surface area contributed by atoms with E-state index in [4.69, 9.17) is 5.73 Å². The Bertz CT molecular complexity index is 371. The summed E-state index contributed by atoms with van der Waals surface area (Å²) in [4.78, 5) is 11.6. The van der Waals surface area contributed by atoms with Crippen LogP contribution in [0.3, 0.4) is 0 Å². The van der Waals surface area contributed by atoms with Crippen LogP contribution in [0.4, 0.5) is 0 Å². The number of carbonyl (C=O) groups excluding carboxylic acids is 1. The summed E-state index contributed by atoms with van der Waals surface area (Å²) < 4.78 is 1.01. The van der Waals surface area contributed by atoms with Gasteiger partial charge < -0.3 is 11.1 Å². The van der Waals surface area contributed by atoms with Gasteiger partial charge in [-0.15, -0.1) is 12.4 Å². The van der Waals surface area contributed by atoms with Crippen LogP contribution >= 0.6 is 28.3 Å². The molecule has 0 bridgehead atoms. The molecule has 0 saturated carbocycles. The second-order valence-electron chi connectivity index (χ2n) is 4.00. The van der Waals surface area contributed by atoms with Gasteiger partial charge in [0.05, 0.1) is 0 Å². The molecule has 0 aliphatic carbocycles. The molecule has 0 fully saturated rings. The van der Waals surface area contributed by atoms with Crippen LogP contribution in [0.1, 0.15) is 19.4 Å². The van der Waals surface area contributed by atoms with Crippen molar-refractivity contribution in [1.29, 1.82) is 0 Å². The van der Waals surface area contributed by atoms with Gasteiger partial charge in [-0.25, -0.2) is 0 Å². The maximum Gasteiger partial charge on any atom is 0.224 e. The number of benzene rings is 1. The molecule has 3 N–H and O–H groups in total. The average molecular weight is 322 g/mol. The number of carbonyl (C=O) groups is 1.